The van der Waals surface area contributed by atoms with Crippen LogP contribution in [0.5, 0.6) is 0 Å². The van der Waals surface area contributed by atoms with Gasteiger partial charge in [-0.15, -0.1) is 0 Å². The van der Waals surface area contributed by atoms with Gasteiger partial charge in [0.15, 0.2) is 5.58 Å². The van der Waals surface area contributed by atoms with Crippen LogP contribution in [-0.4, -0.2) is 30.7 Å². The average Bonchev–Trinajstić information content (AvgIpc) is 3.09. The van der Waals surface area contributed by atoms with Crippen LogP contribution in [0.3, 0.4) is 0 Å². The molecular formula is C19H21FN2O3. The topological polar surface area (TPSA) is 56.4 Å². The number of ether oxygens (including phenoxy) is 1. The van der Waals surface area contributed by atoms with Crippen molar-refractivity contribution in [2.24, 2.45) is 0 Å². The molecule has 0 spiro atoms. The lowest BCUT2D eigenvalue weighted by molar-refractivity contribution is 0.0940. The molecule has 0 radical (unpaired) electrons. The molecule has 5 nitrogen and oxygen atoms in total. The van der Waals surface area contributed by atoms with Crippen LogP contribution in [0.25, 0.3) is 11.1 Å². The summed E-state index contributed by atoms with van der Waals surface area (Å²) in [6.45, 7) is 3.36. The Balaban J connectivity index is 1.89. The van der Waals surface area contributed by atoms with Crippen molar-refractivity contribution < 1.29 is 18.3 Å². The SMILES string of the molecule is COCCCNC(=O)c1cc2oc(C)cc2n1Cc1cccc(F)c1. The molecule has 1 aromatic carbocycles. The van der Waals surface area contributed by atoms with Gasteiger partial charge in [-0.3, -0.25) is 4.79 Å². The number of nitrogens with one attached hydrogen (secondary N) is 1. The van der Waals surface area contributed by atoms with E-state index >= 15 is 0 Å². The maximum absolute atomic E-state index is 13.5. The second-order valence-electron chi connectivity index (χ2n) is 5.95. The summed E-state index contributed by atoms with van der Waals surface area (Å²) in [5.41, 5.74) is 2.75. The smallest absolute Gasteiger partial charge is 0.268 e. The third kappa shape index (κ3) is 3.91. The number of nitrogens with zero attached hydrogens (tertiary/aromatic N) is 1. The number of halogens is 1. The summed E-state index contributed by atoms with van der Waals surface area (Å²) in [5, 5.41) is 2.88. The lowest BCUT2D eigenvalue weighted by Gasteiger charge is -2.11. The molecule has 0 atom stereocenters. The van der Waals surface area contributed by atoms with Crippen molar-refractivity contribution >= 4 is 17.0 Å². The zero-order chi connectivity index (χ0) is 17.8. The number of hydrogen-bond donors (Lipinski definition) is 1. The number of benzene rings is 1. The van der Waals surface area contributed by atoms with Gasteiger partial charge in [0.25, 0.3) is 5.91 Å². The number of rotatable bonds is 7. The summed E-state index contributed by atoms with van der Waals surface area (Å²) in [6.07, 6.45) is 0.738. The van der Waals surface area contributed by atoms with Gasteiger partial charge in [0.05, 0.1) is 5.52 Å². The van der Waals surface area contributed by atoms with Crippen LogP contribution < -0.4 is 5.32 Å². The quantitative estimate of drug-likeness (QED) is 0.668. The highest BCUT2D eigenvalue weighted by atomic mass is 19.1. The van der Waals surface area contributed by atoms with E-state index in [-0.39, 0.29) is 11.7 Å². The number of aryl methyl sites for hydroxylation is 1. The number of carbonyl (C=O) groups excluding carboxylic acids is 1. The molecule has 132 valence electrons. The summed E-state index contributed by atoms with van der Waals surface area (Å²) in [5.74, 6) is 0.288. The predicted octanol–water partition coefficient (Wildman–Crippen LogP) is 3.50. The third-order valence-corrected chi connectivity index (χ3v) is 3.99. The van der Waals surface area contributed by atoms with Crippen molar-refractivity contribution in [1.29, 1.82) is 0 Å². The zero-order valence-corrected chi connectivity index (χ0v) is 14.3. The first-order valence-electron chi connectivity index (χ1n) is 8.19. The van der Waals surface area contributed by atoms with E-state index in [1.807, 2.05) is 23.6 Å². The molecule has 0 aliphatic rings. The number of furan rings is 1. The van der Waals surface area contributed by atoms with E-state index in [4.69, 9.17) is 9.15 Å². The standard InChI is InChI=1S/C19H21FN2O3/c1-13-9-16-18(25-13)11-17(19(23)21-7-4-8-24-2)22(16)12-14-5-3-6-15(20)10-14/h3,5-6,9-11H,4,7-8,12H2,1-2H3,(H,21,23). The molecule has 3 aromatic rings. The predicted molar refractivity (Wildman–Crippen MR) is 93.3 cm³/mol. The Hall–Kier alpha value is -2.60. The molecule has 6 heteroatoms. The molecule has 0 aliphatic heterocycles. The summed E-state index contributed by atoms with van der Waals surface area (Å²) in [4.78, 5) is 12.5. The zero-order valence-electron chi connectivity index (χ0n) is 14.3. The third-order valence-electron chi connectivity index (χ3n) is 3.99. The first-order valence-corrected chi connectivity index (χ1v) is 8.19. The van der Waals surface area contributed by atoms with Gasteiger partial charge in [-0.1, -0.05) is 12.1 Å². The van der Waals surface area contributed by atoms with Crippen molar-refractivity contribution in [1.82, 2.24) is 9.88 Å². The molecule has 3 rings (SSSR count). The van der Waals surface area contributed by atoms with Crippen molar-refractivity contribution in [3.8, 4) is 0 Å². The van der Waals surface area contributed by atoms with Crippen LogP contribution in [0.15, 0.2) is 40.8 Å². The van der Waals surface area contributed by atoms with E-state index in [2.05, 4.69) is 5.32 Å². The molecule has 0 saturated carbocycles. The first-order chi connectivity index (χ1) is 12.1. The molecule has 0 bridgehead atoms. The largest absolute Gasteiger partial charge is 0.460 e. The maximum Gasteiger partial charge on any atom is 0.268 e. The Bertz CT molecular complexity index is 882. The normalized spacial score (nSPS) is 11.2. The van der Waals surface area contributed by atoms with E-state index < -0.39 is 0 Å². The highest BCUT2D eigenvalue weighted by Crippen LogP contribution is 2.25. The van der Waals surface area contributed by atoms with Crippen LogP contribution in [0.2, 0.25) is 0 Å². The number of aromatic nitrogens is 1. The first kappa shape index (κ1) is 17.2. The van der Waals surface area contributed by atoms with E-state index in [0.717, 1.165) is 23.3 Å². The van der Waals surface area contributed by atoms with E-state index in [9.17, 15) is 9.18 Å². The Morgan fingerprint density at radius 3 is 2.92 bits per heavy atom. The second kappa shape index (κ2) is 7.53. The minimum Gasteiger partial charge on any atom is -0.460 e. The van der Waals surface area contributed by atoms with Crippen molar-refractivity contribution in [2.75, 3.05) is 20.3 Å². The van der Waals surface area contributed by atoms with Gasteiger partial charge in [0, 0.05) is 38.9 Å². The van der Waals surface area contributed by atoms with Gasteiger partial charge in [-0.2, -0.15) is 0 Å². The van der Waals surface area contributed by atoms with Gasteiger partial charge in [-0.05, 0) is 31.0 Å². The summed E-state index contributed by atoms with van der Waals surface area (Å²) < 4.78 is 26.0. The second-order valence-corrected chi connectivity index (χ2v) is 5.95. The van der Waals surface area contributed by atoms with E-state index in [1.54, 1.807) is 19.2 Å². The van der Waals surface area contributed by atoms with Gasteiger partial charge in [0.1, 0.15) is 17.3 Å². The molecule has 0 fully saturated rings. The molecular weight excluding hydrogens is 323 g/mol. The monoisotopic (exact) mass is 344 g/mol. The number of carbonyl (C=O) groups is 1. The number of methoxy groups -OCH3 is 1. The molecule has 1 N–H and O–H groups in total. The van der Waals surface area contributed by atoms with Crippen LogP contribution in [0.1, 0.15) is 28.2 Å². The fourth-order valence-electron chi connectivity index (χ4n) is 2.85. The van der Waals surface area contributed by atoms with Gasteiger partial charge >= 0.3 is 0 Å². The maximum atomic E-state index is 13.5. The van der Waals surface area contributed by atoms with Crippen LogP contribution in [0.4, 0.5) is 4.39 Å². The highest BCUT2D eigenvalue weighted by molar-refractivity contribution is 5.97. The molecule has 0 unspecified atom stereocenters. The Morgan fingerprint density at radius 1 is 1.32 bits per heavy atom. The van der Waals surface area contributed by atoms with E-state index in [0.29, 0.717) is 31.0 Å². The van der Waals surface area contributed by atoms with Crippen LogP contribution >= 0.6 is 0 Å². The lowest BCUT2D eigenvalue weighted by Crippen LogP contribution is -2.27. The molecule has 0 aliphatic carbocycles. The molecule has 2 heterocycles. The summed E-state index contributed by atoms with van der Waals surface area (Å²) in [6, 6.07) is 9.99. The van der Waals surface area contributed by atoms with Crippen molar-refractivity contribution in [2.45, 2.75) is 19.9 Å². The van der Waals surface area contributed by atoms with E-state index in [1.165, 1.54) is 12.1 Å². The molecule has 25 heavy (non-hydrogen) atoms. The number of fused-ring (bicyclic) bond motifs is 1. The van der Waals surface area contributed by atoms with Gasteiger partial charge < -0.3 is 19.0 Å². The minimum atomic E-state index is -0.296. The lowest BCUT2D eigenvalue weighted by atomic mass is 10.2. The summed E-state index contributed by atoms with van der Waals surface area (Å²) in [7, 11) is 1.63. The highest BCUT2D eigenvalue weighted by Gasteiger charge is 2.18. The Kier molecular flexibility index (Phi) is 5.19. The average molecular weight is 344 g/mol. The van der Waals surface area contributed by atoms with Gasteiger partial charge in [-0.25, -0.2) is 4.39 Å². The summed E-state index contributed by atoms with van der Waals surface area (Å²) >= 11 is 0. The molecule has 1 amide bonds. The number of hydrogen-bond acceptors (Lipinski definition) is 3. The Labute approximate surface area is 145 Å². The fourth-order valence-corrected chi connectivity index (χ4v) is 2.85. The minimum absolute atomic E-state index is 0.184. The van der Waals surface area contributed by atoms with Crippen LogP contribution in [0, 0.1) is 12.7 Å². The van der Waals surface area contributed by atoms with Crippen molar-refractivity contribution in [3.05, 3.63) is 59.2 Å². The van der Waals surface area contributed by atoms with Crippen LogP contribution in [-0.2, 0) is 11.3 Å². The molecule has 2 aromatic heterocycles. The fraction of sp³-hybridized carbons (Fsp3) is 0.316. The molecule has 0 saturated heterocycles. The van der Waals surface area contributed by atoms with Crippen molar-refractivity contribution in [3.63, 3.8) is 0 Å². The number of amides is 1. The Morgan fingerprint density at radius 2 is 2.16 bits per heavy atom. The van der Waals surface area contributed by atoms with Gasteiger partial charge in [0.2, 0.25) is 0 Å².